The molecular weight excluding hydrogens is 244 g/mol. The summed E-state index contributed by atoms with van der Waals surface area (Å²) in [5.41, 5.74) is 0.428. The Morgan fingerprint density at radius 2 is 1.89 bits per heavy atom. The first kappa shape index (κ1) is 13.7. The van der Waals surface area contributed by atoms with Gasteiger partial charge in [0.05, 0.1) is 12.1 Å². The quantitative estimate of drug-likeness (QED) is 0.768. The summed E-state index contributed by atoms with van der Waals surface area (Å²) in [4.78, 5) is 13.7. The fourth-order valence-corrected chi connectivity index (χ4v) is 2.41. The zero-order chi connectivity index (χ0) is 13.8. The van der Waals surface area contributed by atoms with Crippen LogP contribution in [0.1, 0.15) is 31.4 Å². The van der Waals surface area contributed by atoms with Crippen molar-refractivity contribution in [3.63, 3.8) is 0 Å². The number of benzene rings is 1. The molecule has 5 heteroatoms. The third kappa shape index (κ3) is 3.17. The number of phenols is 2. The molecule has 0 saturated carbocycles. The van der Waals surface area contributed by atoms with E-state index in [4.69, 9.17) is 0 Å². The molecule has 0 spiro atoms. The van der Waals surface area contributed by atoms with Gasteiger partial charge in [0.1, 0.15) is 11.5 Å². The molecule has 0 aliphatic carbocycles. The number of carbonyl (C=O) groups excluding carboxylic acids is 1. The van der Waals surface area contributed by atoms with E-state index in [-0.39, 0.29) is 30.0 Å². The van der Waals surface area contributed by atoms with E-state index in [9.17, 15) is 15.0 Å². The Bertz CT molecular complexity index is 436. The van der Waals surface area contributed by atoms with Gasteiger partial charge in [0, 0.05) is 19.1 Å². The number of hydrogen-bond acceptors (Lipinski definition) is 4. The van der Waals surface area contributed by atoms with E-state index in [2.05, 4.69) is 5.32 Å². The van der Waals surface area contributed by atoms with Crippen molar-refractivity contribution in [3.05, 3.63) is 23.8 Å². The van der Waals surface area contributed by atoms with E-state index in [1.165, 1.54) is 12.1 Å². The van der Waals surface area contributed by atoms with Gasteiger partial charge in [0.25, 0.3) is 0 Å². The molecule has 0 radical (unpaired) electrons. The molecule has 1 fully saturated rings. The monoisotopic (exact) mass is 264 g/mol. The zero-order valence-electron chi connectivity index (χ0n) is 11.1. The average Bonchev–Trinajstić information content (AvgIpc) is 2.89. The first-order valence-electron chi connectivity index (χ1n) is 6.61. The molecule has 1 aromatic rings. The molecule has 1 saturated heterocycles. The van der Waals surface area contributed by atoms with E-state index >= 15 is 0 Å². The predicted molar refractivity (Wildman–Crippen MR) is 72.0 cm³/mol. The van der Waals surface area contributed by atoms with E-state index in [1.54, 1.807) is 6.07 Å². The molecule has 2 rings (SSSR count). The highest BCUT2D eigenvalue weighted by Gasteiger charge is 2.20. The topological polar surface area (TPSA) is 72.8 Å². The highest BCUT2D eigenvalue weighted by atomic mass is 16.3. The first-order chi connectivity index (χ1) is 9.09. The van der Waals surface area contributed by atoms with Gasteiger partial charge in [-0.15, -0.1) is 0 Å². The lowest BCUT2D eigenvalue weighted by molar-refractivity contribution is -0.129. The molecule has 104 valence electrons. The van der Waals surface area contributed by atoms with E-state index in [0.29, 0.717) is 5.56 Å². The smallest absolute Gasteiger partial charge is 0.236 e. The van der Waals surface area contributed by atoms with Gasteiger partial charge in [0.2, 0.25) is 5.91 Å². The number of nitrogens with zero attached hydrogens (tertiary/aromatic N) is 1. The van der Waals surface area contributed by atoms with Gasteiger partial charge in [-0.25, -0.2) is 0 Å². The third-order valence-electron chi connectivity index (χ3n) is 3.51. The van der Waals surface area contributed by atoms with Gasteiger partial charge < -0.3 is 20.4 Å². The number of amides is 1. The van der Waals surface area contributed by atoms with Crippen molar-refractivity contribution in [2.45, 2.75) is 25.8 Å². The summed E-state index contributed by atoms with van der Waals surface area (Å²) in [5, 5.41) is 22.5. The van der Waals surface area contributed by atoms with Gasteiger partial charge in [0.15, 0.2) is 0 Å². The maximum Gasteiger partial charge on any atom is 0.236 e. The maximum atomic E-state index is 11.9. The average molecular weight is 264 g/mol. The molecule has 1 heterocycles. The van der Waals surface area contributed by atoms with E-state index in [1.807, 2.05) is 11.8 Å². The van der Waals surface area contributed by atoms with Crippen LogP contribution in [0.15, 0.2) is 18.2 Å². The minimum atomic E-state index is -0.284. The number of likely N-dealkylation sites (tertiary alicyclic amines) is 1. The van der Waals surface area contributed by atoms with Crippen molar-refractivity contribution in [2.75, 3.05) is 19.6 Å². The Morgan fingerprint density at radius 3 is 2.47 bits per heavy atom. The Labute approximate surface area is 112 Å². The standard InChI is InChI=1S/C14H20N2O3/c1-10(14-11(17)5-4-6-12(14)18)15-9-13(19)16-7-2-3-8-16/h4-6,10,15,17-18H,2-3,7-9H2,1H3. The van der Waals surface area contributed by atoms with Crippen LogP contribution < -0.4 is 5.32 Å². The highest BCUT2D eigenvalue weighted by molar-refractivity contribution is 5.78. The molecule has 1 atom stereocenters. The molecule has 0 aromatic heterocycles. The normalized spacial score (nSPS) is 16.6. The minimum absolute atomic E-state index is 0.0358. The van der Waals surface area contributed by atoms with Crippen molar-refractivity contribution in [1.29, 1.82) is 0 Å². The van der Waals surface area contributed by atoms with Gasteiger partial charge in [-0.2, -0.15) is 0 Å². The second kappa shape index (κ2) is 5.93. The van der Waals surface area contributed by atoms with Crippen molar-refractivity contribution in [3.8, 4) is 11.5 Å². The number of hydrogen-bond donors (Lipinski definition) is 3. The Hall–Kier alpha value is -1.75. The molecule has 1 aliphatic heterocycles. The van der Waals surface area contributed by atoms with Crippen LogP contribution in [0.25, 0.3) is 0 Å². The molecule has 3 N–H and O–H groups in total. The van der Waals surface area contributed by atoms with Gasteiger partial charge in [-0.3, -0.25) is 4.79 Å². The summed E-state index contributed by atoms with van der Waals surface area (Å²) in [6.07, 6.45) is 2.14. The van der Waals surface area contributed by atoms with Crippen LogP contribution in [0.2, 0.25) is 0 Å². The number of carbonyl (C=O) groups is 1. The van der Waals surface area contributed by atoms with Gasteiger partial charge >= 0.3 is 0 Å². The Morgan fingerprint density at radius 1 is 1.32 bits per heavy atom. The van der Waals surface area contributed by atoms with Crippen LogP contribution in [0.5, 0.6) is 11.5 Å². The van der Waals surface area contributed by atoms with Crippen LogP contribution >= 0.6 is 0 Å². The summed E-state index contributed by atoms with van der Waals surface area (Å²) in [6, 6.07) is 4.34. The molecule has 19 heavy (non-hydrogen) atoms. The Balaban J connectivity index is 1.93. The second-order valence-electron chi connectivity index (χ2n) is 4.90. The molecule has 0 bridgehead atoms. The van der Waals surface area contributed by atoms with Crippen molar-refractivity contribution < 1.29 is 15.0 Å². The lowest BCUT2D eigenvalue weighted by Crippen LogP contribution is -2.37. The molecule has 1 unspecified atom stereocenters. The number of nitrogens with one attached hydrogen (secondary N) is 1. The van der Waals surface area contributed by atoms with Gasteiger partial charge in [-0.1, -0.05) is 6.07 Å². The largest absolute Gasteiger partial charge is 0.507 e. The molecular formula is C14H20N2O3. The first-order valence-corrected chi connectivity index (χ1v) is 6.61. The molecule has 1 aliphatic rings. The van der Waals surface area contributed by atoms with E-state index < -0.39 is 0 Å². The minimum Gasteiger partial charge on any atom is -0.507 e. The summed E-state index contributed by atoms with van der Waals surface area (Å²) < 4.78 is 0. The SMILES string of the molecule is CC(NCC(=O)N1CCCC1)c1c(O)cccc1O. The summed E-state index contributed by atoms with van der Waals surface area (Å²) in [5.74, 6) is 0.140. The summed E-state index contributed by atoms with van der Waals surface area (Å²) >= 11 is 0. The third-order valence-corrected chi connectivity index (χ3v) is 3.51. The highest BCUT2D eigenvalue weighted by Crippen LogP contribution is 2.31. The van der Waals surface area contributed by atoms with Crippen LogP contribution in [0.4, 0.5) is 0 Å². The Kier molecular flexibility index (Phi) is 4.27. The summed E-state index contributed by atoms with van der Waals surface area (Å²) in [7, 11) is 0. The lowest BCUT2D eigenvalue weighted by atomic mass is 10.1. The molecule has 1 aromatic carbocycles. The zero-order valence-corrected chi connectivity index (χ0v) is 11.1. The van der Waals surface area contributed by atoms with Crippen LogP contribution in [-0.2, 0) is 4.79 Å². The maximum absolute atomic E-state index is 11.9. The van der Waals surface area contributed by atoms with E-state index in [0.717, 1.165) is 25.9 Å². The fourth-order valence-electron chi connectivity index (χ4n) is 2.41. The van der Waals surface area contributed by atoms with Crippen molar-refractivity contribution in [2.24, 2.45) is 0 Å². The van der Waals surface area contributed by atoms with Crippen molar-refractivity contribution in [1.82, 2.24) is 10.2 Å². The fraction of sp³-hybridized carbons (Fsp3) is 0.500. The number of phenolic OH excluding ortho intramolecular Hbond substituents is 2. The van der Waals surface area contributed by atoms with Crippen molar-refractivity contribution >= 4 is 5.91 Å². The number of rotatable bonds is 4. The van der Waals surface area contributed by atoms with Gasteiger partial charge in [-0.05, 0) is 31.9 Å². The predicted octanol–water partition coefficient (Wildman–Crippen LogP) is 1.37. The van der Waals surface area contributed by atoms with Crippen LogP contribution in [-0.4, -0.2) is 40.7 Å². The molecule has 5 nitrogen and oxygen atoms in total. The lowest BCUT2D eigenvalue weighted by Gasteiger charge is -2.19. The molecule has 1 amide bonds. The second-order valence-corrected chi connectivity index (χ2v) is 4.90. The van der Waals surface area contributed by atoms with Crippen LogP contribution in [0.3, 0.4) is 0 Å². The van der Waals surface area contributed by atoms with Crippen LogP contribution in [0, 0.1) is 0 Å². The number of aromatic hydroxyl groups is 2. The summed E-state index contributed by atoms with van der Waals surface area (Å²) in [6.45, 7) is 3.69.